The van der Waals surface area contributed by atoms with Gasteiger partial charge in [0.1, 0.15) is 6.04 Å². The Hall–Kier alpha value is -3.08. The van der Waals surface area contributed by atoms with E-state index in [1.807, 2.05) is 31.2 Å². The third-order valence-corrected chi connectivity index (χ3v) is 6.66. The lowest BCUT2D eigenvalue weighted by atomic mass is 10.1. The van der Waals surface area contributed by atoms with Crippen LogP contribution in [0.4, 0.5) is 18.9 Å². The minimum absolute atomic E-state index is 0.0485. The molecular weight excluding hydrogens is 483 g/mol. The van der Waals surface area contributed by atoms with Crippen LogP contribution in [0.1, 0.15) is 36.5 Å². The molecule has 0 radical (unpaired) electrons. The maximum absolute atomic E-state index is 13.1. The highest BCUT2D eigenvalue weighted by Gasteiger charge is 2.32. The zero-order valence-corrected chi connectivity index (χ0v) is 20.9. The minimum atomic E-state index is -4.62. The van der Waals surface area contributed by atoms with E-state index in [0.717, 1.165) is 39.9 Å². The van der Waals surface area contributed by atoms with Crippen molar-refractivity contribution in [1.82, 2.24) is 10.2 Å². The molecule has 1 N–H and O–H groups in total. The van der Waals surface area contributed by atoms with Gasteiger partial charge in [-0.25, -0.2) is 8.42 Å². The second-order valence-corrected chi connectivity index (χ2v) is 10.2. The Morgan fingerprint density at radius 2 is 1.74 bits per heavy atom. The number of benzene rings is 2. The first-order valence-electron chi connectivity index (χ1n) is 11.0. The molecule has 0 heterocycles. The first-order chi connectivity index (χ1) is 16.2. The summed E-state index contributed by atoms with van der Waals surface area (Å²) >= 11 is 0. The number of sulfonamides is 1. The Morgan fingerprint density at radius 3 is 2.31 bits per heavy atom. The Bertz CT molecular complexity index is 1150. The Morgan fingerprint density at radius 1 is 1.09 bits per heavy atom. The summed E-state index contributed by atoms with van der Waals surface area (Å²) in [5.41, 5.74) is 0.719. The van der Waals surface area contributed by atoms with Gasteiger partial charge < -0.3 is 10.2 Å². The van der Waals surface area contributed by atoms with Crippen molar-refractivity contribution in [3.8, 4) is 0 Å². The molecule has 0 aliphatic carbocycles. The van der Waals surface area contributed by atoms with Crippen LogP contribution in [0.25, 0.3) is 0 Å². The number of hydrogen-bond donors (Lipinski definition) is 1. The van der Waals surface area contributed by atoms with E-state index in [4.69, 9.17) is 0 Å². The maximum atomic E-state index is 13.1. The van der Waals surface area contributed by atoms with Gasteiger partial charge in [0, 0.05) is 26.6 Å². The molecule has 0 saturated heterocycles. The number of halogens is 3. The fraction of sp³-hybridized carbons (Fsp3) is 0.417. The number of rotatable bonds is 10. The third kappa shape index (κ3) is 7.98. The average molecular weight is 514 g/mol. The molecule has 0 unspecified atom stereocenters. The summed E-state index contributed by atoms with van der Waals surface area (Å²) in [7, 11) is -2.44. The van der Waals surface area contributed by atoms with Gasteiger partial charge >= 0.3 is 6.18 Å². The van der Waals surface area contributed by atoms with Crippen molar-refractivity contribution >= 4 is 27.5 Å². The van der Waals surface area contributed by atoms with Crippen molar-refractivity contribution in [3.05, 3.63) is 65.2 Å². The van der Waals surface area contributed by atoms with Crippen LogP contribution in [-0.4, -0.2) is 51.0 Å². The number of carbonyl (C=O) groups excluding carboxylic acids is 2. The predicted octanol–water partition coefficient (Wildman–Crippen LogP) is 3.72. The highest BCUT2D eigenvalue weighted by molar-refractivity contribution is 7.92. The lowest BCUT2D eigenvalue weighted by molar-refractivity contribution is -0.140. The van der Waals surface area contributed by atoms with Crippen LogP contribution < -0.4 is 9.62 Å². The summed E-state index contributed by atoms with van der Waals surface area (Å²) in [6, 6.07) is 10.7. The van der Waals surface area contributed by atoms with Crippen LogP contribution in [0.5, 0.6) is 0 Å². The van der Waals surface area contributed by atoms with E-state index >= 15 is 0 Å². The van der Waals surface area contributed by atoms with Crippen LogP contribution in [0, 0.1) is 6.92 Å². The van der Waals surface area contributed by atoms with Gasteiger partial charge in [-0.3, -0.25) is 13.9 Å². The Kier molecular flexibility index (Phi) is 9.31. The van der Waals surface area contributed by atoms with Crippen molar-refractivity contribution in [2.75, 3.05) is 24.2 Å². The average Bonchev–Trinajstić information content (AvgIpc) is 2.78. The highest BCUT2D eigenvalue weighted by atomic mass is 32.2. The predicted molar refractivity (Wildman–Crippen MR) is 128 cm³/mol. The zero-order chi connectivity index (χ0) is 26.4. The first-order valence-corrected chi connectivity index (χ1v) is 12.8. The number of carbonyl (C=O) groups is 2. The van der Waals surface area contributed by atoms with Gasteiger partial charge in [0.25, 0.3) is 0 Å². The van der Waals surface area contributed by atoms with Gasteiger partial charge in [-0.1, -0.05) is 35.9 Å². The van der Waals surface area contributed by atoms with Gasteiger partial charge in [-0.2, -0.15) is 13.2 Å². The second-order valence-electron chi connectivity index (χ2n) is 8.29. The number of aryl methyl sites for hydroxylation is 1. The summed E-state index contributed by atoms with van der Waals surface area (Å²) in [5.74, 6) is -0.729. The van der Waals surface area contributed by atoms with E-state index in [1.165, 1.54) is 18.0 Å². The molecule has 2 aromatic carbocycles. The standard InChI is InChI=1S/C24H30F3N3O4S/c1-17-8-5-9-19(14-17)16-29(18(2)23(32)28-3)22(31)12-7-13-30(35(4,33)34)21-11-6-10-20(15-21)24(25,26)27/h5-6,8-11,14-15,18H,7,12-13,16H2,1-4H3,(H,28,32)/t18-/m1/s1. The first kappa shape index (κ1) is 28.2. The van der Waals surface area contributed by atoms with E-state index in [-0.39, 0.29) is 43.4 Å². The fourth-order valence-corrected chi connectivity index (χ4v) is 4.60. The molecule has 11 heteroatoms. The summed E-state index contributed by atoms with van der Waals surface area (Å²) in [4.78, 5) is 26.7. The zero-order valence-electron chi connectivity index (χ0n) is 20.1. The van der Waals surface area contributed by atoms with Crippen LogP contribution in [-0.2, 0) is 32.3 Å². The lowest BCUT2D eigenvalue weighted by Gasteiger charge is -2.29. The monoisotopic (exact) mass is 513 g/mol. The van der Waals surface area contributed by atoms with Gasteiger partial charge in [-0.05, 0) is 44.0 Å². The largest absolute Gasteiger partial charge is 0.416 e. The molecule has 0 spiro atoms. The molecule has 0 saturated carbocycles. The molecule has 192 valence electrons. The topological polar surface area (TPSA) is 86.8 Å². The van der Waals surface area contributed by atoms with E-state index in [0.29, 0.717) is 0 Å². The molecule has 1 atom stereocenters. The molecule has 2 rings (SSSR count). The third-order valence-electron chi connectivity index (χ3n) is 5.46. The van der Waals surface area contributed by atoms with Crippen molar-refractivity contribution in [2.24, 2.45) is 0 Å². The molecular formula is C24H30F3N3O4S. The number of alkyl halides is 3. The van der Waals surface area contributed by atoms with Crippen LogP contribution >= 0.6 is 0 Å². The molecule has 0 fully saturated rings. The van der Waals surface area contributed by atoms with Gasteiger partial charge in [0.2, 0.25) is 21.8 Å². The minimum Gasteiger partial charge on any atom is -0.357 e. The summed E-state index contributed by atoms with van der Waals surface area (Å²) in [6.45, 7) is 3.49. The normalized spacial score (nSPS) is 12.7. The molecule has 0 aliphatic heterocycles. The summed E-state index contributed by atoms with van der Waals surface area (Å²) < 4.78 is 64.8. The quantitative estimate of drug-likeness (QED) is 0.525. The molecule has 0 aromatic heterocycles. The number of hydrogen-bond acceptors (Lipinski definition) is 4. The van der Waals surface area contributed by atoms with Crippen LogP contribution in [0.15, 0.2) is 48.5 Å². The van der Waals surface area contributed by atoms with Crippen molar-refractivity contribution in [2.45, 2.75) is 45.5 Å². The van der Waals surface area contributed by atoms with E-state index in [2.05, 4.69) is 5.32 Å². The number of nitrogens with one attached hydrogen (secondary N) is 1. The molecule has 35 heavy (non-hydrogen) atoms. The number of nitrogens with zero attached hydrogens (tertiary/aromatic N) is 2. The number of anilines is 1. The smallest absolute Gasteiger partial charge is 0.357 e. The molecule has 2 amide bonds. The Balaban J connectivity index is 2.19. The summed E-state index contributed by atoms with van der Waals surface area (Å²) in [6.07, 6.45) is -3.78. The molecule has 7 nitrogen and oxygen atoms in total. The van der Waals surface area contributed by atoms with Gasteiger partial charge in [0.15, 0.2) is 0 Å². The van der Waals surface area contributed by atoms with Crippen LogP contribution in [0.2, 0.25) is 0 Å². The molecule has 2 aromatic rings. The van der Waals surface area contributed by atoms with E-state index in [9.17, 15) is 31.2 Å². The van der Waals surface area contributed by atoms with E-state index < -0.39 is 27.8 Å². The van der Waals surface area contributed by atoms with Crippen molar-refractivity contribution in [1.29, 1.82) is 0 Å². The number of likely N-dealkylation sites (N-methyl/N-ethyl adjacent to an activating group) is 1. The van der Waals surface area contributed by atoms with Gasteiger partial charge in [-0.15, -0.1) is 0 Å². The second kappa shape index (κ2) is 11.6. The van der Waals surface area contributed by atoms with Gasteiger partial charge in [0.05, 0.1) is 17.5 Å². The summed E-state index contributed by atoms with van der Waals surface area (Å²) in [5, 5.41) is 2.52. The SMILES string of the molecule is CNC(=O)[C@@H](C)N(Cc1cccc(C)c1)C(=O)CCCN(c1cccc(C(F)(F)F)c1)S(C)(=O)=O. The molecule has 0 bridgehead atoms. The maximum Gasteiger partial charge on any atom is 0.416 e. The van der Waals surface area contributed by atoms with Crippen molar-refractivity contribution in [3.63, 3.8) is 0 Å². The van der Waals surface area contributed by atoms with Crippen molar-refractivity contribution < 1.29 is 31.2 Å². The van der Waals surface area contributed by atoms with Crippen LogP contribution in [0.3, 0.4) is 0 Å². The Labute approximate surface area is 204 Å². The highest BCUT2D eigenvalue weighted by Crippen LogP contribution is 2.32. The fourth-order valence-electron chi connectivity index (χ4n) is 3.64. The van der Waals surface area contributed by atoms with E-state index in [1.54, 1.807) is 6.92 Å². The lowest BCUT2D eigenvalue weighted by Crippen LogP contribution is -2.46. The molecule has 0 aliphatic rings. The number of amides is 2.